The summed E-state index contributed by atoms with van der Waals surface area (Å²) >= 11 is 0. The van der Waals surface area contributed by atoms with Crippen LogP contribution in [-0.4, -0.2) is 28.2 Å². The van der Waals surface area contributed by atoms with Gasteiger partial charge in [-0.25, -0.2) is 9.78 Å². The molecule has 0 saturated heterocycles. The maximum atomic E-state index is 10.5. The van der Waals surface area contributed by atoms with E-state index in [0.29, 0.717) is 5.82 Å². The van der Waals surface area contributed by atoms with Crippen LogP contribution in [0.4, 0.5) is 0 Å². The summed E-state index contributed by atoms with van der Waals surface area (Å²) < 4.78 is 5.09. The molecule has 1 atom stereocenters. The fraction of sp³-hybridized carbons (Fsp3) is 0.500. The number of imidazole rings is 1. The molecule has 0 aliphatic rings. The van der Waals surface area contributed by atoms with Crippen molar-refractivity contribution in [3.8, 4) is 0 Å². The average Bonchev–Trinajstić information content (AvgIpc) is 2.56. The van der Waals surface area contributed by atoms with E-state index >= 15 is 0 Å². The van der Waals surface area contributed by atoms with Crippen LogP contribution < -0.4 is 0 Å². The molecule has 0 amide bonds. The largest absolute Gasteiger partial charge is 0.477 e. The van der Waals surface area contributed by atoms with Crippen LogP contribution in [0.2, 0.25) is 0 Å². The minimum atomic E-state index is -1.01. The quantitative estimate of drug-likeness (QED) is 0.737. The van der Waals surface area contributed by atoms with Crippen LogP contribution in [0, 0.1) is 0 Å². The summed E-state index contributed by atoms with van der Waals surface area (Å²) in [6.45, 7) is 1.94. The monoisotopic (exact) mass is 184 g/mol. The van der Waals surface area contributed by atoms with Crippen LogP contribution in [0.15, 0.2) is 6.20 Å². The lowest BCUT2D eigenvalue weighted by Gasteiger charge is -2.08. The van der Waals surface area contributed by atoms with Gasteiger partial charge in [-0.1, -0.05) is 6.92 Å². The molecule has 1 aromatic heterocycles. The number of hydrogen-bond donors (Lipinski definition) is 2. The topological polar surface area (TPSA) is 75.2 Å². The first-order valence-corrected chi connectivity index (χ1v) is 4.00. The highest BCUT2D eigenvalue weighted by Gasteiger charge is 2.14. The molecule has 0 spiro atoms. The smallest absolute Gasteiger partial charge is 0.353 e. The molecule has 0 aromatic carbocycles. The van der Waals surface area contributed by atoms with Crippen LogP contribution in [0.25, 0.3) is 0 Å². The molecule has 2 N–H and O–H groups in total. The third-order valence-electron chi connectivity index (χ3n) is 1.79. The third-order valence-corrected chi connectivity index (χ3v) is 1.79. The predicted octanol–water partition coefficient (Wildman–Crippen LogP) is 1.21. The first-order valence-electron chi connectivity index (χ1n) is 4.00. The summed E-state index contributed by atoms with van der Waals surface area (Å²) in [5.74, 6) is -0.452. The highest BCUT2D eigenvalue weighted by atomic mass is 16.5. The summed E-state index contributed by atoms with van der Waals surface area (Å²) in [5, 5.41) is 8.61. The zero-order valence-electron chi connectivity index (χ0n) is 7.57. The fourth-order valence-electron chi connectivity index (χ4n) is 1.08. The van der Waals surface area contributed by atoms with E-state index in [-0.39, 0.29) is 11.8 Å². The van der Waals surface area contributed by atoms with Crippen molar-refractivity contribution in [2.45, 2.75) is 19.4 Å². The molecule has 5 heteroatoms. The second-order valence-electron chi connectivity index (χ2n) is 2.62. The lowest BCUT2D eigenvalue weighted by molar-refractivity contribution is 0.0688. The van der Waals surface area contributed by atoms with Gasteiger partial charge in [0, 0.05) is 7.11 Å². The number of hydrogen-bond acceptors (Lipinski definition) is 3. The zero-order valence-corrected chi connectivity index (χ0v) is 7.57. The van der Waals surface area contributed by atoms with Gasteiger partial charge < -0.3 is 14.8 Å². The number of carboxylic acid groups (broad SMARTS) is 1. The molecule has 1 unspecified atom stereocenters. The van der Waals surface area contributed by atoms with E-state index in [1.807, 2.05) is 6.92 Å². The first kappa shape index (κ1) is 9.73. The van der Waals surface area contributed by atoms with E-state index in [9.17, 15) is 4.79 Å². The van der Waals surface area contributed by atoms with E-state index in [1.165, 1.54) is 6.20 Å². The van der Waals surface area contributed by atoms with Gasteiger partial charge in [0.15, 0.2) is 0 Å². The average molecular weight is 184 g/mol. The zero-order chi connectivity index (χ0) is 9.84. The number of nitrogens with one attached hydrogen (secondary N) is 1. The maximum absolute atomic E-state index is 10.5. The Morgan fingerprint density at radius 1 is 1.85 bits per heavy atom. The maximum Gasteiger partial charge on any atom is 0.353 e. The molecule has 1 aromatic rings. The number of H-pyrrole nitrogens is 1. The normalized spacial score (nSPS) is 12.8. The van der Waals surface area contributed by atoms with Gasteiger partial charge in [0.05, 0.1) is 6.20 Å². The number of methoxy groups -OCH3 is 1. The molecule has 0 fully saturated rings. The number of aromatic carboxylic acids is 1. The third kappa shape index (κ3) is 2.06. The molecule has 13 heavy (non-hydrogen) atoms. The highest BCUT2D eigenvalue weighted by Crippen LogP contribution is 2.16. The molecular weight excluding hydrogens is 172 g/mol. The van der Waals surface area contributed by atoms with Crippen LogP contribution in [-0.2, 0) is 4.74 Å². The Morgan fingerprint density at radius 3 is 2.92 bits per heavy atom. The molecule has 0 radical (unpaired) electrons. The molecule has 72 valence electrons. The minimum Gasteiger partial charge on any atom is -0.477 e. The van der Waals surface area contributed by atoms with E-state index in [0.717, 1.165) is 6.42 Å². The Hall–Kier alpha value is -1.36. The lowest BCUT2D eigenvalue weighted by atomic mass is 10.3. The van der Waals surface area contributed by atoms with Gasteiger partial charge in [-0.2, -0.15) is 0 Å². The molecule has 0 aliphatic carbocycles. The van der Waals surface area contributed by atoms with E-state index in [4.69, 9.17) is 9.84 Å². The van der Waals surface area contributed by atoms with Crippen LogP contribution >= 0.6 is 0 Å². The Labute approximate surface area is 75.8 Å². The van der Waals surface area contributed by atoms with E-state index in [1.54, 1.807) is 7.11 Å². The van der Waals surface area contributed by atoms with Gasteiger partial charge in [-0.05, 0) is 6.42 Å². The van der Waals surface area contributed by atoms with Crippen molar-refractivity contribution in [2.24, 2.45) is 0 Å². The van der Waals surface area contributed by atoms with Gasteiger partial charge in [0.25, 0.3) is 0 Å². The van der Waals surface area contributed by atoms with Gasteiger partial charge >= 0.3 is 5.97 Å². The molecule has 1 heterocycles. The lowest BCUT2D eigenvalue weighted by Crippen LogP contribution is -2.03. The van der Waals surface area contributed by atoms with Crippen molar-refractivity contribution in [3.05, 3.63) is 17.7 Å². The number of rotatable bonds is 4. The van der Waals surface area contributed by atoms with Crippen LogP contribution in [0.3, 0.4) is 0 Å². The van der Waals surface area contributed by atoms with Crippen molar-refractivity contribution in [1.29, 1.82) is 0 Å². The SMILES string of the molecule is CCC(OC)c1ncc(C(=O)O)[nH]1. The standard InChI is InChI=1S/C8H12N2O3/c1-3-6(13-2)7-9-4-5(10-7)8(11)12/h4,6H,3H2,1-2H3,(H,9,10)(H,11,12). The predicted molar refractivity (Wildman–Crippen MR) is 45.6 cm³/mol. The van der Waals surface area contributed by atoms with Crippen molar-refractivity contribution >= 4 is 5.97 Å². The van der Waals surface area contributed by atoms with Crippen molar-refractivity contribution in [3.63, 3.8) is 0 Å². The second kappa shape index (κ2) is 4.04. The van der Waals surface area contributed by atoms with Gasteiger partial charge in [-0.15, -0.1) is 0 Å². The Kier molecular flexibility index (Phi) is 3.02. The van der Waals surface area contributed by atoms with Gasteiger partial charge in [0.1, 0.15) is 17.6 Å². The summed E-state index contributed by atoms with van der Waals surface area (Å²) in [4.78, 5) is 17.1. The number of nitrogens with zero attached hydrogens (tertiary/aromatic N) is 1. The van der Waals surface area contributed by atoms with E-state index in [2.05, 4.69) is 9.97 Å². The number of aromatic amines is 1. The summed E-state index contributed by atoms with van der Waals surface area (Å²) in [7, 11) is 1.57. The minimum absolute atomic E-state index is 0.0884. The summed E-state index contributed by atoms with van der Waals surface area (Å²) in [6, 6.07) is 0. The highest BCUT2D eigenvalue weighted by molar-refractivity contribution is 5.84. The molecule has 1 rings (SSSR count). The fourth-order valence-corrected chi connectivity index (χ4v) is 1.08. The summed E-state index contributed by atoms with van der Waals surface area (Å²) in [5.41, 5.74) is 0.0884. The van der Waals surface area contributed by atoms with Crippen molar-refractivity contribution < 1.29 is 14.6 Å². The number of aromatic nitrogens is 2. The Morgan fingerprint density at radius 2 is 2.54 bits per heavy atom. The molecular formula is C8H12N2O3. The number of carbonyl (C=O) groups is 1. The Balaban J connectivity index is 2.84. The van der Waals surface area contributed by atoms with Crippen LogP contribution in [0.5, 0.6) is 0 Å². The first-order chi connectivity index (χ1) is 6.19. The summed E-state index contributed by atoms with van der Waals surface area (Å²) in [6.07, 6.45) is 1.88. The van der Waals surface area contributed by atoms with Gasteiger partial charge in [-0.3, -0.25) is 0 Å². The molecule has 5 nitrogen and oxygen atoms in total. The molecule has 0 aliphatic heterocycles. The van der Waals surface area contributed by atoms with Crippen molar-refractivity contribution in [1.82, 2.24) is 9.97 Å². The van der Waals surface area contributed by atoms with Crippen LogP contribution in [0.1, 0.15) is 35.8 Å². The second-order valence-corrected chi connectivity index (χ2v) is 2.62. The van der Waals surface area contributed by atoms with Gasteiger partial charge in [0.2, 0.25) is 0 Å². The Bertz CT molecular complexity index is 291. The number of carboxylic acids is 1. The molecule has 0 saturated carbocycles. The number of ether oxygens (including phenoxy) is 1. The molecule has 0 bridgehead atoms. The van der Waals surface area contributed by atoms with Crippen molar-refractivity contribution in [2.75, 3.05) is 7.11 Å². The van der Waals surface area contributed by atoms with E-state index < -0.39 is 5.97 Å².